The summed E-state index contributed by atoms with van der Waals surface area (Å²) in [6.45, 7) is 7.11. The van der Waals surface area contributed by atoms with Crippen molar-refractivity contribution in [2.75, 3.05) is 13.1 Å². The fourth-order valence-corrected chi connectivity index (χ4v) is 3.96. The third-order valence-corrected chi connectivity index (χ3v) is 5.69. The fraction of sp³-hybridized carbons (Fsp3) is 0.733. The van der Waals surface area contributed by atoms with E-state index in [0.29, 0.717) is 6.04 Å². The average molecular weight is 281 g/mol. The summed E-state index contributed by atoms with van der Waals surface area (Å²) in [6, 6.07) is 4.71. The molecular weight excluding hydrogens is 254 g/mol. The summed E-state index contributed by atoms with van der Waals surface area (Å²) in [4.78, 5) is 4.09. The van der Waals surface area contributed by atoms with Gasteiger partial charge in [0, 0.05) is 16.5 Å². The normalized spacial score (nSPS) is 21.4. The van der Waals surface area contributed by atoms with Crippen molar-refractivity contribution in [1.82, 2.24) is 10.3 Å². The Morgan fingerprint density at radius 1 is 1.47 bits per heavy atom. The van der Waals surface area contributed by atoms with Crippen molar-refractivity contribution in [3.63, 3.8) is 0 Å². The van der Waals surface area contributed by atoms with E-state index in [1.165, 1.54) is 30.8 Å². The van der Waals surface area contributed by atoms with E-state index in [1.807, 2.05) is 11.3 Å². The van der Waals surface area contributed by atoms with Crippen LogP contribution in [0.15, 0.2) is 17.5 Å². The van der Waals surface area contributed by atoms with Gasteiger partial charge in [-0.1, -0.05) is 13.0 Å². The van der Waals surface area contributed by atoms with Crippen molar-refractivity contribution in [3.8, 4) is 0 Å². The van der Waals surface area contributed by atoms with Gasteiger partial charge in [0.2, 0.25) is 0 Å². The second-order valence-electron chi connectivity index (χ2n) is 5.74. The first kappa shape index (κ1) is 15.0. The molecule has 1 fully saturated rings. The van der Waals surface area contributed by atoms with Gasteiger partial charge in [0.1, 0.15) is 0 Å². The number of nitrogens with zero attached hydrogens (tertiary/aromatic N) is 1. The zero-order valence-electron chi connectivity index (χ0n) is 12.2. The van der Waals surface area contributed by atoms with Gasteiger partial charge in [-0.3, -0.25) is 16.2 Å². The van der Waals surface area contributed by atoms with E-state index in [4.69, 9.17) is 5.84 Å². The Kier molecular flexibility index (Phi) is 5.39. The molecule has 3 N–H and O–H groups in total. The predicted molar refractivity (Wildman–Crippen MR) is 83.3 cm³/mol. The zero-order chi connectivity index (χ0) is 13.7. The third-order valence-electron chi connectivity index (χ3n) is 4.76. The Hall–Kier alpha value is -0.420. The molecule has 0 saturated carbocycles. The summed E-state index contributed by atoms with van der Waals surface area (Å²) in [5.74, 6) is 5.87. The van der Waals surface area contributed by atoms with Gasteiger partial charge in [-0.25, -0.2) is 0 Å². The summed E-state index contributed by atoms with van der Waals surface area (Å²) in [5.41, 5.74) is 3.28. The average Bonchev–Trinajstić information content (AvgIpc) is 3.12. The van der Waals surface area contributed by atoms with Crippen molar-refractivity contribution in [2.45, 2.75) is 57.5 Å². The summed E-state index contributed by atoms with van der Waals surface area (Å²) in [6.07, 6.45) is 6.04. The third kappa shape index (κ3) is 3.37. The molecule has 0 radical (unpaired) electrons. The van der Waals surface area contributed by atoms with Crippen LogP contribution >= 0.6 is 11.3 Å². The van der Waals surface area contributed by atoms with Crippen molar-refractivity contribution < 1.29 is 0 Å². The maximum Gasteiger partial charge on any atom is 0.0395 e. The van der Waals surface area contributed by atoms with Crippen LogP contribution in [-0.2, 0) is 6.42 Å². The van der Waals surface area contributed by atoms with Gasteiger partial charge in [-0.05, 0) is 63.6 Å². The second-order valence-corrected chi connectivity index (χ2v) is 6.77. The van der Waals surface area contributed by atoms with Crippen LogP contribution in [0.2, 0.25) is 0 Å². The molecule has 0 amide bonds. The second kappa shape index (κ2) is 6.84. The molecule has 1 aliphatic heterocycles. The summed E-state index contributed by atoms with van der Waals surface area (Å²) in [7, 11) is 0. The number of thiophene rings is 1. The monoisotopic (exact) mass is 281 g/mol. The first-order valence-corrected chi connectivity index (χ1v) is 8.32. The van der Waals surface area contributed by atoms with Crippen LogP contribution < -0.4 is 11.3 Å². The van der Waals surface area contributed by atoms with Gasteiger partial charge in [-0.15, -0.1) is 11.3 Å². The minimum Gasteiger partial charge on any atom is -0.296 e. The molecule has 2 rings (SSSR count). The van der Waals surface area contributed by atoms with Gasteiger partial charge in [0.05, 0.1) is 0 Å². The molecule has 2 unspecified atom stereocenters. The zero-order valence-corrected chi connectivity index (χ0v) is 13.0. The number of rotatable bonds is 7. The highest BCUT2D eigenvalue weighted by Crippen LogP contribution is 2.30. The maximum absolute atomic E-state index is 5.87. The molecule has 1 aromatic heterocycles. The van der Waals surface area contributed by atoms with E-state index in [2.05, 4.69) is 41.7 Å². The Morgan fingerprint density at radius 3 is 2.74 bits per heavy atom. The SMILES string of the molecule is CCC(C)(C(CCc1cccs1)NN)N1CCCC1. The molecule has 0 spiro atoms. The lowest BCUT2D eigenvalue weighted by atomic mass is 9.85. The standard InChI is InChI=1S/C15H27N3S/c1-3-15(2,18-10-4-5-11-18)14(17-16)9-8-13-7-6-12-19-13/h6-7,12,14,17H,3-5,8-11,16H2,1-2H3. The molecule has 3 nitrogen and oxygen atoms in total. The molecule has 1 saturated heterocycles. The molecule has 19 heavy (non-hydrogen) atoms. The van der Waals surface area contributed by atoms with Crippen LogP contribution in [0.1, 0.15) is 44.4 Å². The molecule has 0 aliphatic carbocycles. The van der Waals surface area contributed by atoms with Gasteiger partial charge in [-0.2, -0.15) is 0 Å². The van der Waals surface area contributed by atoms with Crippen LogP contribution in [0.4, 0.5) is 0 Å². The number of nitrogens with one attached hydrogen (secondary N) is 1. The van der Waals surface area contributed by atoms with E-state index in [1.54, 1.807) is 0 Å². The van der Waals surface area contributed by atoms with Crippen LogP contribution in [0, 0.1) is 0 Å². The topological polar surface area (TPSA) is 41.3 Å². The lowest BCUT2D eigenvalue weighted by molar-refractivity contribution is 0.0805. The van der Waals surface area contributed by atoms with E-state index < -0.39 is 0 Å². The number of aryl methyl sites for hydroxylation is 1. The lowest BCUT2D eigenvalue weighted by Crippen LogP contribution is -2.60. The lowest BCUT2D eigenvalue weighted by Gasteiger charge is -2.44. The molecule has 2 heterocycles. The van der Waals surface area contributed by atoms with Crippen molar-refractivity contribution in [2.24, 2.45) is 5.84 Å². The van der Waals surface area contributed by atoms with E-state index in [0.717, 1.165) is 19.3 Å². The summed E-state index contributed by atoms with van der Waals surface area (Å²) < 4.78 is 0. The number of hydrogen-bond donors (Lipinski definition) is 2. The minimum absolute atomic E-state index is 0.183. The van der Waals surface area contributed by atoms with Crippen LogP contribution in [0.5, 0.6) is 0 Å². The van der Waals surface area contributed by atoms with Gasteiger partial charge >= 0.3 is 0 Å². The quantitative estimate of drug-likeness (QED) is 0.596. The smallest absolute Gasteiger partial charge is 0.0395 e. The Labute approximate surface area is 121 Å². The largest absolute Gasteiger partial charge is 0.296 e. The molecule has 0 bridgehead atoms. The molecule has 2 atom stereocenters. The fourth-order valence-electron chi connectivity index (χ4n) is 3.23. The molecule has 108 valence electrons. The Bertz CT molecular complexity index is 359. The number of likely N-dealkylation sites (tertiary alicyclic amines) is 1. The summed E-state index contributed by atoms with van der Waals surface area (Å²) in [5, 5.41) is 2.15. The first-order valence-electron chi connectivity index (χ1n) is 7.44. The van der Waals surface area contributed by atoms with Crippen molar-refractivity contribution >= 4 is 11.3 Å². The summed E-state index contributed by atoms with van der Waals surface area (Å²) >= 11 is 1.84. The number of hydrogen-bond acceptors (Lipinski definition) is 4. The Balaban J connectivity index is 2.00. The minimum atomic E-state index is 0.183. The van der Waals surface area contributed by atoms with Gasteiger partial charge in [0.25, 0.3) is 0 Å². The maximum atomic E-state index is 5.87. The van der Waals surface area contributed by atoms with E-state index in [-0.39, 0.29) is 5.54 Å². The molecule has 1 aromatic rings. The molecule has 4 heteroatoms. The van der Waals surface area contributed by atoms with E-state index in [9.17, 15) is 0 Å². The van der Waals surface area contributed by atoms with Crippen molar-refractivity contribution in [3.05, 3.63) is 22.4 Å². The van der Waals surface area contributed by atoms with E-state index >= 15 is 0 Å². The molecular formula is C15H27N3S. The highest BCUT2D eigenvalue weighted by molar-refractivity contribution is 7.09. The Morgan fingerprint density at radius 2 is 2.21 bits per heavy atom. The van der Waals surface area contributed by atoms with Crippen LogP contribution in [0.25, 0.3) is 0 Å². The highest BCUT2D eigenvalue weighted by Gasteiger charge is 2.38. The van der Waals surface area contributed by atoms with Crippen LogP contribution in [0.3, 0.4) is 0 Å². The first-order chi connectivity index (χ1) is 9.20. The van der Waals surface area contributed by atoms with Crippen molar-refractivity contribution in [1.29, 1.82) is 0 Å². The van der Waals surface area contributed by atoms with Gasteiger partial charge in [0.15, 0.2) is 0 Å². The number of hydrazine groups is 1. The highest BCUT2D eigenvalue weighted by atomic mass is 32.1. The number of nitrogens with two attached hydrogens (primary N) is 1. The molecule has 0 aromatic carbocycles. The van der Waals surface area contributed by atoms with Crippen LogP contribution in [-0.4, -0.2) is 29.6 Å². The predicted octanol–water partition coefficient (Wildman–Crippen LogP) is 2.78. The van der Waals surface area contributed by atoms with Gasteiger partial charge < -0.3 is 0 Å². The molecule has 1 aliphatic rings.